The van der Waals surface area contributed by atoms with Gasteiger partial charge in [0, 0.05) is 42.8 Å². The number of para-hydroxylation sites is 1. The minimum atomic E-state index is -0.646. The van der Waals surface area contributed by atoms with Gasteiger partial charge in [0.05, 0.1) is 0 Å². The summed E-state index contributed by atoms with van der Waals surface area (Å²) in [7, 11) is 0. The topological polar surface area (TPSA) is 53.3 Å². The minimum Gasteiger partial charge on any atom is -0.456 e. The zero-order chi connectivity index (χ0) is 29.6. The average molecular weight is 593 g/mol. The van der Waals surface area contributed by atoms with Crippen LogP contribution in [0.3, 0.4) is 0 Å². The highest BCUT2D eigenvalue weighted by atomic mass is 32.1. The molecule has 4 aromatic rings. The summed E-state index contributed by atoms with van der Waals surface area (Å²) in [5.74, 6) is 1.28. The second kappa shape index (κ2) is 11.2. The Kier molecular flexibility index (Phi) is 7.59. The van der Waals surface area contributed by atoms with E-state index >= 15 is 0 Å². The van der Waals surface area contributed by atoms with Crippen LogP contribution in [0.1, 0.15) is 63.8 Å². The molecule has 1 aliphatic carbocycles. The van der Waals surface area contributed by atoms with E-state index in [9.17, 15) is 10.1 Å². The lowest BCUT2D eigenvalue weighted by atomic mass is 9.88. The quantitative estimate of drug-likeness (QED) is 0.127. The molecule has 0 spiro atoms. The van der Waals surface area contributed by atoms with Gasteiger partial charge in [-0.15, -0.1) is 22.7 Å². The maximum absolute atomic E-state index is 12.4. The molecule has 2 aliphatic rings. The highest BCUT2D eigenvalue weighted by Crippen LogP contribution is 2.58. The SMILES string of the molecule is CCC1CC(C)C2c3cc(-c4ccc(-c5ccc(/C=C(\C#N)C(=O)OC(C)(C)C)s5)s4)ccc3N(c3ccccc3)C12. The molecule has 2 aromatic heterocycles. The van der Waals surface area contributed by atoms with Crippen LogP contribution in [0, 0.1) is 23.2 Å². The van der Waals surface area contributed by atoms with E-state index < -0.39 is 11.6 Å². The van der Waals surface area contributed by atoms with Crippen molar-refractivity contribution in [2.45, 2.75) is 65.0 Å². The lowest BCUT2D eigenvalue weighted by Crippen LogP contribution is -2.32. The normalized spacial score (nSPS) is 21.6. The Balaban J connectivity index is 1.29. The van der Waals surface area contributed by atoms with E-state index in [1.807, 2.05) is 12.1 Å². The van der Waals surface area contributed by atoms with Crippen molar-refractivity contribution in [3.05, 3.63) is 88.8 Å². The number of carbonyl (C=O) groups is 1. The number of nitrogens with zero attached hydrogens (tertiary/aromatic N) is 2. The number of hydrogen-bond donors (Lipinski definition) is 0. The van der Waals surface area contributed by atoms with Crippen LogP contribution in [0.25, 0.3) is 26.3 Å². The Morgan fingerprint density at radius 1 is 1.02 bits per heavy atom. The zero-order valence-electron chi connectivity index (χ0n) is 24.8. The van der Waals surface area contributed by atoms with Crippen LogP contribution in [0.4, 0.5) is 11.4 Å². The fourth-order valence-corrected chi connectivity index (χ4v) is 8.76. The number of rotatable bonds is 6. The predicted octanol–water partition coefficient (Wildman–Crippen LogP) is 10.1. The first-order valence-corrected chi connectivity index (χ1v) is 16.3. The van der Waals surface area contributed by atoms with Crippen molar-refractivity contribution in [2.75, 3.05) is 4.90 Å². The lowest BCUT2D eigenvalue weighted by molar-refractivity contribution is -0.149. The van der Waals surface area contributed by atoms with E-state index in [-0.39, 0.29) is 5.57 Å². The standard InChI is InChI=1S/C36H36N2O2S2/c1-6-23-18-22(2)33-28-20-24(12-14-29(28)38(34(23)33)26-10-8-7-9-11-26)30-16-17-32(42-30)31-15-13-27(41-31)19-25(21-37)35(39)40-36(3,4)5/h7-17,19-20,22-23,33-34H,6,18H2,1-5H3/b25-19+. The summed E-state index contributed by atoms with van der Waals surface area (Å²) < 4.78 is 5.39. The van der Waals surface area contributed by atoms with Gasteiger partial charge < -0.3 is 9.64 Å². The van der Waals surface area contributed by atoms with Gasteiger partial charge >= 0.3 is 5.97 Å². The Hall–Kier alpha value is -3.66. The molecule has 42 heavy (non-hydrogen) atoms. The molecule has 1 aliphatic heterocycles. The molecule has 6 heteroatoms. The van der Waals surface area contributed by atoms with Crippen molar-refractivity contribution in [3.8, 4) is 26.3 Å². The molecule has 4 nitrogen and oxygen atoms in total. The van der Waals surface area contributed by atoms with Crippen LogP contribution >= 0.6 is 22.7 Å². The Labute approximate surface area is 256 Å². The second-order valence-electron chi connectivity index (χ2n) is 12.4. The van der Waals surface area contributed by atoms with Gasteiger partial charge in [-0.1, -0.05) is 44.5 Å². The van der Waals surface area contributed by atoms with E-state index in [1.165, 1.54) is 45.1 Å². The molecule has 1 fully saturated rings. The van der Waals surface area contributed by atoms with Crippen LogP contribution in [-0.4, -0.2) is 17.6 Å². The van der Waals surface area contributed by atoms with E-state index in [0.29, 0.717) is 23.8 Å². The largest absolute Gasteiger partial charge is 0.456 e. The van der Waals surface area contributed by atoms with E-state index in [0.717, 1.165) is 9.75 Å². The van der Waals surface area contributed by atoms with Crippen molar-refractivity contribution in [3.63, 3.8) is 0 Å². The number of ether oxygens (including phenoxy) is 1. The highest BCUT2D eigenvalue weighted by molar-refractivity contribution is 7.24. The zero-order valence-corrected chi connectivity index (χ0v) is 26.4. The van der Waals surface area contributed by atoms with Gasteiger partial charge in [-0.05, 0) is 105 Å². The molecular weight excluding hydrogens is 557 g/mol. The molecule has 0 saturated heterocycles. The average Bonchev–Trinajstić information content (AvgIpc) is 3.75. The molecule has 6 rings (SSSR count). The Bertz CT molecular complexity index is 1680. The first-order valence-electron chi connectivity index (χ1n) is 14.7. The molecule has 1 saturated carbocycles. The van der Waals surface area contributed by atoms with Gasteiger partial charge in [-0.2, -0.15) is 5.26 Å². The lowest BCUT2D eigenvalue weighted by Gasteiger charge is -2.31. The molecule has 0 amide bonds. The smallest absolute Gasteiger partial charge is 0.349 e. The van der Waals surface area contributed by atoms with Crippen molar-refractivity contribution in [1.29, 1.82) is 5.26 Å². The third-order valence-corrected chi connectivity index (χ3v) is 10.8. The van der Waals surface area contributed by atoms with Crippen molar-refractivity contribution in [1.82, 2.24) is 0 Å². The Morgan fingerprint density at radius 3 is 2.45 bits per heavy atom. The molecule has 0 N–H and O–H groups in total. The number of thiophene rings is 2. The van der Waals surface area contributed by atoms with E-state index in [2.05, 4.69) is 85.5 Å². The number of esters is 1. The van der Waals surface area contributed by atoms with Crippen LogP contribution < -0.4 is 4.90 Å². The van der Waals surface area contributed by atoms with Gasteiger partial charge in [0.1, 0.15) is 17.2 Å². The van der Waals surface area contributed by atoms with Crippen molar-refractivity contribution >= 4 is 46.1 Å². The van der Waals surface area contributed by atoms with Crippen LogP contribution in [0.2, 0.25) is 0 Å². The third kappa shape index (κ3) is 5.32. The summed E-state index contributed by atoms with van der Waals surface area (Å²) in [6, 6.07) is 28.9. The summed E-state index contributed by atoms with van der Waals surface area (Å²) in [6.45, 7) is 10.2. The fraction of sp³-hybridized carbons (Fsp3) is 0.333. The maximum Gasteiger partial charge on any atom is 0.349 e. The highest BCUT2D eigenvalue weighted by Gasteiger charge is 2.50. The molecular formula is C36H36N2O2S2. The molecule has 3 heterocycles. The van der Waals surface area contributed by atoms with Gasteiger partial charge in [0.25, 0.3) is 0 Å². The predicted molar refractivity (Wildman–Crippen MR) is 175 cm³/mol. The summed E-state index contributed by atoms with van der Waals surface area (Å²) in [5, 5.41) is 9.54. The van der Waals surface area contributed by atoms with Gasteiger partial charge in [0.15, 0.2) is 0 Å². The van der Waals surface area contributed by atoms with Crippen molar-refractivity contribution < 1.29 is 9.53 Å². The fourth-order valence-electron chi connectivity index (χ4n) is 6.72. The first kappa shape index (κ1) is 28.5. The monoisotopic (exact) mass is 592 g/mol. The Morgan fingerprint density at radius 2 is 1.74 bits per heavy atom. The molecule has 4 atom stereocenters. The number of anilines is 2. The summed E-state index contributed by atoms with van der Waals surface area (Å²) >= 11 is 3.36. The molecule has 214 valence electrons. The van der Waals surface area contributed by atoms with Crippen molar-refractivity contribution in [2.24, 2.45) is 11.8 Å². The summed E-state index contributed by atoms with van der Waals surface area (Å²) in [4.78, 5) is 19.4. The van der Waals surface area contributed by atoms with Crippen LogP contribution in [-0.2, 0) is 9.53 Å². The number of hydrogen-bond acceptors (Lipinski definition) is 6. The molecule has 0 radical (unpaired) electrons. The van der Waals surface area contributed by atoms with Gasteiger partial charge in [0.2, 0.25) is 0 Å². The maximum atomic E-state index is 12.4. The molecule has 0 bridgehead atoms. The van der Waals surface area contributed by atoms with Crippen LogP contribution in [0.5, 0.6) is 0 Å². The first-order chi connectivity index (χ1) is 20.2. The number of fused-ring (bicyclic) bond motifs is 3. The molecule has 4 unspecified atom stereocenters. The van der Waals surface area contributed by atoms with Crippen LogP contribution in [0.15, 0.2) is 78.4 Å². The van der Waals surface area contributed by atoms with Gasteiger partial charge in [-0.25, -0.2) is 4.79 Å². The second-order valence-corrected chi connectivity index (χ2v) is 14.6. The van der Waals surface area contributed by atoms with E-state index in [4.69, 9.17) is 4.74 Å². The number of nitriles is 1. The minimum absolute atomic E-state index is 0.0117. The number of benzene rings is 2. The molecule has 2 aromatic carbocycles. The number of carbonyl (C=O) groups excluding carboxylic acids is 1. The summed E-state index contributed by atoms with van der Waals surface area (Å²) in [5.41, 5.74) is 4.76. The summed E-state index contributed by atoms with van der Waals surface area (Å²) in [6.07, 6.45) is 4.10. The third-order valence-electron chi connectivity index (χ3n) is 8.43. The van der Waals surface area contributed by atoms with Gasteiger partial charge in [-0.3, -0.25) is 0 Å². The van der Waals surface area contributed by atoms with E-state index in [1.54, 1.807) is 49.5 Å².